The smallest absolute Gasteiger partial charge is 0.0184 e. The minimum atomic E-state index is 0.149. The van der Waals surface area contributed by atoms with Crippen LogP contribution in [0.3, 0.4) is 0 Å². The molecule has 0 atom stereocenters. The Morgan fingerprint density at radius 2 is 1.05 bits per heavy atom. The SMILES string of the molecule is CCC[CH2][Sn][CH2]CCC.c1ccc2ccccc2c1. The van der Waals surface area contributed by atoms with Crippen LogP contribution in [-0.4, -0.2) is 21.1 Å². The molecule has 0 saturated carbocycles. The predicted molar refractivity (Wildman–Crippen MR) is 89.1 cm³/mol. The summed E-state index contributed by atoms with van der Waals surface area (Å²) >= 11 is 0.149. The molecule has 0 nitrogen and oxygen atoms in total. The topological polar surface area (TPSA) is 0 Å². The van der Waals surface area contributed by atoms with Gasteiger partial charge in [0.05, 0.1) is 0 Å². The van der Waals surface area contributed by atoms with Crippen LogP contribution in [0.15, 0.2) is 48.5 Å². The summed E-state index contributed by atoms with van der Waals surface area (Å²) in [5.74, 6) is 0. The molecule has 0 aliphatic heterocycles. The van der Waals surface area contributed by atoms with E-state index in [1.54, 1.807) is 8.87 Å². The van der Waals surface area contributed by atoms with Gasteiger partial charge in [-0.1, -0.05) is 48.5 Å². The van der Waals surface area contributed by atoms with Gasteiger partial charge in [0.15, 0.2) is 0 Å². The molecule has 2 aromatic carbocycles. The maximum Gasteiger partial charge on any atom is -0.0184 e. The molecule has 0 heterocycles. The summed E-state index contributed by atoms with van der Waals surface area (Å²) in [7, 11) is 0. The number of hydrogen-bond donors (Lipinski definition) is 0. The monoisotopic (exact) mass is 362 g/mol. The van der Waals surface area contributed by atoms with Crippen molar-refractivity contribution in [3.63, 3.8) is 0 Å². The molecule has 0 bridgehead atoms. The van der Waals surface area contributed by atoms with Crippen molar-refractivity contribution in [3.05, 3.63) is 48.5 Å². The van der Waals surface area contributed by atoms with Crippen LogP contribution in [0.2, 0.25) is 8.87 Å². The average Bonchev–Trinajstić information content (AvgIpc) is 2.48. The fourth-order valence-electron chi connectivity index (χ4n) is 1.86. The number of unbranched alkanes of at least 4 members (excludes halogenated alkanes) is 2. The van der Waals surface area contributed by atoms with E-state index in [1.165, 1.54) is 36.5 Å². The van der Waals surface area contributed by atoms with Crippen molar-refractivity contribution in [1.82, 2.24) is 0 Å². The molecular formula is C18H26Sn. The summed E-state index contributed by atoms with van der Waals surface area (Å²) in [5.41, 5.74) is 0. The molecule has 0 aromatic heterocycles. The molecule has 0 aliphatic carbocycles. The van der Waals surface area contributed by atoms with Gasteiger partial charge in [0, 0.05) is 0 Å². The number of rotatable bonds is 6. The van der Waals surface area contributed by atoms with Gasteiger partial charge in [0.1, 0.15) is 0 Å². The summed E-state index contributed by atoms with van der Waals surface area (Å²) in [6.07, 6.45) is 5.84. The molecule has 1 heteroatoms. The third-order valence-electron chi connectivity index (χ3n) is 3.07. The van der Waals surface area contributed by atoms with E-state index in [9.17, 15) is 0 Å². The Kier molecular flexibility index (Phi) is 9.88. The Bertz CT molecular complexity index is 365. The molecule has 102 valence electrons. The molecule has 2 aromatic rings. The summed E-state index contributed by atoms with van der Waals surface area (Å²) < 4.78 is 3.25. The van der Waals surface area contributed by atoms with Crippen molar-refractivity contribution >= 4 is 31.9 Å². The maximum absolute atomic E-state index is 2.29. The van der Waals surface area contributed by atoms with E-state index in [1.807, 2.05) is 0 Å². The molecule has 0 N–H and O–H groups in total. The average molecular weight is 361 g/mol. The fraction of sp³-hybridized carbons (Fsp3) is 0.444. The third-order valence-corrected chi connectivity index (χ3v) is 7.11. The molecule has 0 spiro atoms. The minimum absolute atomic E-state index is 0.149. The van der Waals surface area contributed by atoms with Gasteiger partial charge in [0.25, 0.3) is 0 Å². The Morgan fingerprint density at radius 3 is 1.37 bits per heavy atom. The first-order valence-corrected chi connectivity index (χ1v) is 11.6. The molecule has 19 heavy (non-hydrogen) atoms. The van der Waals surface area contributed by atoms with Gasteiger partial charge in [0.2, 0.25) is 0 Å². The zero-order valence-electron chi connectivity index (χ0n) is 12.4. The number of hydrogen-bond acceptors (Lipinski definition) is 0. The Morgan fingerprint density at radius 1 is 0.684 bits per heavy atom. The minimum Gasteiger partial charge on any atom is -0.0616 e. The van der Waals surface area contributed by atoms with E-state index in [0.29, 0.717) is 0 Å². The standard InChI is InChI=1S/C10H8.2C4H9.Sn/c1-2-6-10-8-4-3-7-9(10)5-1;2*1-3-4-2;/h1-8H;2*1,3-4H2,2H3;. The van der Waals surface area contributed by atoms with Crippen molar-refractivity contribution in [2.24, 2.45) is 0 Å². The van der Waals surface area contributed by atoms with E-state index in [2.05, 4.69) is 62.4 Å². The van der Waals surface area contributed by atoms with E-state index in [4.69, 9.17) is 0 Å². The van der Waals surface area contributed by atoms with Crippen molar-refractivity contribution < 1.29 is 0 Å². The van der Waals surface area contributed by atoms with Gasteiger partial charge in [-0.3, -0.25) is 0 Å². The van der Waals surface area contributed by atoms with Crippen LogP contribution in [0.4, 0.5) is 0 Å². The maximum atomic E-state index is 2.29. The third kappa shape index (κ3) is 7.61. The largest absolute Gasteiger partial charge is 0.0616 e. The predicted octanol–water partition coefficient (Wildman–Crippen LogP) is 5.97. The summed E-state index contributed by atoms with van der Waals surface area (Å²) in [6.45, 7) is 4.58. The van der Waals surface area contributed by atoms with Gasteiger partial charge in [-0.2, -0.15) is 0 Å². The zero-order chi connectivity index (χ0) is 13.8. The van der Waals surface area contributed by atoms with Crippen LogP contribution in [-0.2, 0) is 0 Å². The Labute approximate surface area is 128 Å². The van der Waals surface area contributed by atoms with Crippen LogP contribution < -0.4 is 0 Å². The van der Waals surface area contributed by atoms with Crippen molar-refractivity contribution in [3.8, 4) is 0 Å². The van der Waals surface area contributed by atoms with Crippen molar-refractivity contribution in [1.29, 1.82) is 0 Å². The molecule has 2 radical (unpaired) electrons. The van der Waals surface area contributed by atoms with Gasteiger partial charge >= 0.3 is 69.5 Å². The van der Waals surface area contributed by atoms with Crippen LogP contribution in [0.1, 0.15) is 39.5 Å². The zero-order valence-corrected chi connectivity index (χ0v) is 15.2. The van der Waals surface area contributed by atoms with Gasteiger partial charge in [-0.05, 0) is 10.8 Å². The molecule has 2 rings (SSSR count). The Hall–Kier alpha value is -0.501. The molecule has 0 saturated heterocycles. The Balaban J connectivity index is 0.000000192. The number of fused-ring (bicyclic) bond motifs is 1. The molecule has 0 unspecified atom stereocenters. The summed E-state index contributed by atoms with van der Waals surface area (Å²) in [4.78, 5) is 0. The second kappa shape index (κ2) is 11.3. The van der Waals surface area contributed by atoms with E-state index >= 15 is 0 Å². The van der Waals surface area contributed by atoms with Crippen molar-refractivity contribution in [2.45, 2.75) is 48.4 Å². The van der Waals surface area contributed by atoms with E-state index < -0.39 is 0 Å². The molecule has 0 aliphatic rings. The summed E-state index contributed by atoms with van der Waals surface area (Å²) in [5, 5.41) is 2.62. The number of benzene rings is 2. The molecule has 0 fully saturated rings. The van der Waals surface area contributed by atoms with E-state index in [-0.39, 0.29) is 21.1 Å². The first-order chi connectivity index (χ1) is 9.38. The summed E-state index contributed by atoms with van der Waals surface area (Å²) in [6, 6.07) is 16.7. The van der Waals surface area contributed by atoms with Crippen LogP contribution in [0, 0.1) is 0 Å². The second-order valence-electron chi connectivity index (χ2n) is 4.80. The van der Waals surface area contributed by atoms with E-state index in [0.717, 1.165) is 0 Å². The van der Waals surface area contributed by atoms with Crippen LogP contribution in [0.5, 0.6) is 0 Å². The fourth-order valence-corrected chi connectivity index (χ4v) is 6.02. The van der Waals surface area contributed by atoms with Gasteiger partial charge < -0.3 is 0 Å². The quantitative estimate of drug-likeness (QED) is 0.440. The van der Waals surface area contributed by atoms with Crippen LogP contribution in [0.25, 0.3) is 10.8 Å². The first-order valence-electron chi connectivity index (χ1n) is 7.53. The van der Waals surface area contributed by atoms with Crippen molar-refractivity contribution in [2.75, 3.05) is 0 Å². The molecule has 0 amide bonds. The normalized spacial score (nSPS) is 10.0. The van der Waals surface area contributed by atoms with Gasteiger partial charge in [-0.25, -0.2) is 0 Å². The first kappa shape index (κ1) is 16.6. The second-order valence-corrected chi connectivity index (χ2v) is 9.09. The van der Waals surface area contributed by atoms with Gasteiger partial charge in [-0.15, -0.1) is 0 Å². The van der Waals surface area contributed by atoms with Crippen LogP contribution >= 0.6 is 0 Å². The molecular weight excluding hydrogens is 335 g/mol.